The first kappa shape index (κ1) is 27.9. The molecular formula is C34H40N6O2. The van der Waals surface area contributed by atoms with Gasteiger partial charge in [0, 0.05) is 24.3 Å². The summed E-state index contributed by atoms with van der Waals surface area (Å²) in [6, 6.07) is 19.6. The second-order valence-electron chi connectivity index (χ2n) is 12.6. The molecule has 1 amide bonds. The predicted molar refractivity (Wildman–Crippen MR) is 165 cm³/mol. The van der Waals surface area contributed by atoms with Crippen LogP contribution >= 0.6 is 0 Å². The third kappa shape index (κ3) is 6.17. The van der Waals surface area contributed by atoms with Gasteiger partial charge >= 0.3 is 6.09 Å². The van der Waals surface area contributed by atoms with E-state index in [-0.39, 0.29) is 6.09 Å². The van der Waals surface area contributed by atoms with Crippen LogP contribution in [0.15, 0.2) is 65.9 Å². The quantitative estimate of drug-likeness (QED) is 0.342. The predicted octanol–water partition coefficient (Wildman–Crippen LogP) is 4.97. The molecule has 4 heterocycles. The molecule has 8 heteroatoms. The summed E-state index contributed by atoms with van der Waals surface area (Å²) >= 11 is 0. The maximum Gasteiger partial charge on any atom is 0.410 e. The molecule has 2 aromatic heterocycles. The average Bonchev–Trinajstić information content (AvgIpc) is 3.59. The first-order valence-corrected chi connectivity index (χ1v) is 15.0. The van der Waals surface area contributed by atoms with Crippen LogP contribution in [0.4, 0.5) is 10.6 Å². The van der Waals surface area contributed by atoms with Gasteiger partial charge in [0.15, 0.2) is 5.82 Å². The molecule has 1 fully saturated rings. The van der Waals surface area contributed by atoms with Crippen molar-refractivity contribution in [1.29, 1.82) is 0 Å². The van der Waals surface area contributed by atoms with Crippen molar-refractivity contribution in [2.75, 3.05) is 18.8 Å². The number of hydrogen-bond acceptors (Lipinski definition) is 6. The highest BCUT2D eigenvalue weighted by atomic mass is 16.6. The Morgan fingerprint density at radius 1 is 1.12 bits per heavy atom. The van der Waals surface area contributed by atoms with Gasteiger partial charge in [0.25, 0.3) is 0 Å². The molecule has 2 atom stereocenters. The lowest BCUT2D eigenvalue weighted by Gasteiger charge is -2.24. The van der Waals surface area contributed by atoms with E-state index in [2.05, 4.69) is 70.8 Å². The third-order valence-corrected chi connectivity index (χ3v) is 8.21. The fourth-order valence-electron chi connectivity index (χ4n) is 6.16. The number of likely N-dealkylation sites (tertiary alicyclic amines) is 1. The molecule has 4 aromatic rings. The smallest absolute Gasteiger partial charge is 0.410 e. The van der Waals surface area contributed by atoms with E-state index in [1.807, 2.05) is 30.2 Å². The molecule has 0 saturated carbocycles. The van der Waals surface area contributed by atoms with Gasteiger partial charge in [0.05, 0.1) is 11.4 Å². The number of nitrogens with zero attached hydrogens (tertiary/aromatic N) is 5. The summed E-state index contributed by atoms with van der Waals surface area (Å²) < 4.78 is 7.52. The number of rotatable bonds is 7. The summed E-state index contributed by atoms with van der Waals surface area (Å²) in [4.78, 5) is 23.9. The van der Waals surface area contributed by atoms with Gasteiger partial charge in [-0.15, -0.1) is 0 Å². The maximum atomic E-state index is 12.6. The average molecular weight is 565 g/mol. The van der Waals surface area contributed by atoms with E-state index in [4.69, 9.17) is 15.5 Å². The number of nitrogen functional groups attached to an aromatic ring is 1. The topological polar surface area (TPSA) is 98.1 Å². The van der Waals surface area contributed by atoms with Crippen LogP contribution in [0.25, 0.3) is 22.7 Å². The maximum absolute atomic E-state index is 12.6. The molecule has 2 N–H and O–H groups in total. The zero-order valence-electron chi connectivity index (χ0n) is 24.8. The second kappa shape index (κ2) is 11.6. The highest BCUT2D eigenvalue weighted by molar-refractivity contribution is 5.88. The van der Waals surface area contributed by atoms with E-state index >= 15 is 0 Å². The minimum Gasteiger partial charge on any atom is -0.444 e. The Kier molecular flexibility index (Phi) is 7.71. The monoisotopic (exact) mass is 564 g/mol. The summed E-state index contributed by atoms with van der Waals surface area (Å²) in [5.74, 6) is 0.762. The molecule has 0 spiro atoms. The highest BCUT2D eigenvalue weighted by Crippen LogP contribution is 2.32. The number of fused-ring (bicyclic) bond motifs is 2. The zero-order chi connectivity index (χ0) is 29.3. The zero-order valence-corrected chi connectivity index (χ0v) is 24.8. The Morgan fingerprint density at radius 3 is 2.76 bits per heavy atom. The molecule has 6 rings (SSSR count). The van der Waals surface area contributed by atoms with Crippen LogP contribution in [0.3, 0.4) is 0 Å². The van der Waals surface area contributed by atoms with E-state index < -0.39 is 5.60 Å². The fourth-order valence-corrected chi connectivity index (χ4v) is 6.16. The lowest BCUT2D eigenvalue weighted by Crippen LogP contribution is -2.35. The minimum absolute atomic E-state index is 0.245. The molecule has 2 aliphatic heterocycles. The number of ether oxygens (including phenoxy) is 1. The van der Waals surface area contributed by atoms with Crippen molar-refractivity contribution in [3.63, 3.8) is 0 Å². The SMILES string of the molecule is CC(C)(C)OC(=O)N1CCC(Cc2cc(-c3ccc4c(c3)=NC(CCCc3ccccc3)CC=4)c3c(N)ncnn23)C1. The number of amides is 1. The molecule has 0 bridgehead atoms. The number of aryl methyl sites for hydroxylation is 1. The van der Waals surface area contributed by atoms with Crippen LogP contribution in [-0.4, -0.2) is 50.3 Å². The van der Waals surface area contributed by atoms with Crippen molar-refractivity contribution in [2.24, 2.45) is 10.9 Å². The summed E-state index contributed by atoms with van der Waals surface area (Å²) in [7, 11) is 0. The van der Waals surface area contributed by atoms with E-state index in [1.54, 1.807) is 0 Å². The van der Waals surface area contributed by atoms with Gasteiger partial charge in [0.2, 0.25) is 0 Å². The first-order chi connectivity index (χ1) is 20.2. The summed E-state index contributed by atoms with van der Waals surface area (Å²) in [5, 5.41) is 6.79. The molecular weight excluding hydrogens is 524 g/mol. The van der Waals surface area contributed by atoms with Gasteiger partial charge in [-0.05, 0) is 93.7 Å². The Labute approximate surface area is 246 Å². The molecule has 1 saturated heterocycles. The molecule has 2 aliphatic rings. The number of benzene rings is 2. The van der Waals surface area contributed by atoms with Crippen molar-refractivity contribution < 1.29 is 9.53 Å². The number of anilines is 1. The van der Waals surface area contributed by atoms with Crippen LogP contribution in [0.1, 0.15) is 57.7 Å². The summed E-state index contributed by atoms with van der Waals surface area (Å²) in [6.45, 7) is 7.05. The van der Waals surface area contributed by atoms with Gasteiger partial charge < -0.3 is 15.4 Å². The Balaban J connectivity index is 1.22. The van der Waals surface area contributed by atoms with E-state index in [0.29, 0.717) is 30.9 Å². The van der Waals surface area contributed by atoms with E-state index in [1.165, 1.54) is 17.1 Å². The van der Waals surface area contributed by atoms with E-state index in [9.17, 15) is 4.79 Å². The largest absolute Gasteiger partial charge is 0.444 e. The molecule has 0 radical (unpaired) electrons. The molecule has 2 unspecified atom stereocenters. The minimum atomic E-state index is -0.503. The van der Waals surface area contributed by atoms with Crippen molar-refractivity contribution in [3.8, 4) is 11.1 Å². The van der Waals surface area contributed by atoms with Crippen LogP contribution in [0, 0.1) is 5.92 Å². The van der Waals surface area contributed by atoms with Gasteiger partial charge in [-0.3, -0.25) is 4.99 Å². The lowest BCUT2D eigenvalue weighted by molar-refractivity contribution is 0.0288. The van der Waals surface area contributed by atoms with Crippen molar-refractivity contribution in [1.82, 2.24) is 19.5 Å². The van der Waals surface area contributed by atoms with Crippen LogP contribution in [0.5, 0.6) is 0 Å². The fraction of sp³-hybridized carbons (Fsp3) is 0.412. The van der Waals surface area contributed by atoms with Crippen LogP contribution < -0.4 is 16.3 Å². The lowest BCUT2D eigenvalue weighted by atomic mass is 9.99. The van der Waals surface area contributed by atoms with Gasteiger partial charge in [0.1, 0.15) is 17.4 Å². The van der Waals surface area contributed by atoms with Crippen LogP contribution in [0.2, 0.25) is 0 Å². The van der Waals surface area contributed by atoms with Crippen molar-refractivity contribution >= 4 is 23.5 Å². The highest BCUT2D eigenvalue weighted by Gasteiger charge is 2.31. The molecule has 218 valence electrons. The Morgan fingerprint density at radius 2 is 1.95 bits per heavy atom. The van der Waals surface area contributed by atoms with Gasteiger partial charge in [-0.2, -0.15) is 5.10 Å². The first-order valence-electron chi connectivity index (χ1n) is 15.0. The number of carbonyl (C=O) groups excluding carboxylic acids is 1. The number of carbonyl (C=O) groups is 1. The van der Waals surface area contributed by atoms with Gasteiger partial charge in [-0.25, -0.2) is 14.3 Å². The van der Waals surface area contributed by atoms with Gasteiger partial charge in [-0.1, -0.05) is 48.5 Å². The normalized spacial score (nSPS) is 18.4. The molecule has 8 nitrogen and oxygen atoms in total. The van der Waals surface area contributed by atoms with E-state index in [0.717, 1.165) is 66.2 Å². The number of aromatic nitrogens is 3. The summed E-state index contributed by atoms with van der Waals surface area (Å²) in [6.07, 6.45) is 9.52. The molecule has 42 heavy (non-hydrogen) atoms. The van der Waals surface area contributed by atoms with Crippen molar-refractivity contribution in [3.05, 3.63) is 82.8 Å². The standard InChI is InChI=1S/C34H40N6O2/c1-34(2,3)42-33(41)39-17-16-24(21-39)18-28-20-29(31-32(35)36-22-37-40(28)31)26-13-12-25-14-15-27(38-30(25)19-26)11-7-10-23-8-5-4-6-9-23/h4-6,8-9,12-14,19-20,22,24,27H,7,10-11,15-18,21H2,1-3H3,(H2,35,36,37). The van der Waals surface area contributed by atoms with Crippen LogP contribution in [-0.2, 0) is 17.6 Å². The van der Waals surface area contributed by atoms with Crippen molar-refractivity contribution in [2.45, 2.75) is 70.9 Å². The number of nitrogens with two attached hydrogens (primary N) is 1. The second-order valence-corrected chi connectivity index (χ2v) is 12.6. The number of hydrogen-bond donors (Lipinski definition) is 1. The Hall–Kier alpha value is -4.20. The summed E-state index contributed by atoms with van der Waals surface area (Å²) in [5.41, 5.74) is 11.2. The Bertz CT molecular complexity index is 1710. The third-order valence-electron chi connectivity index (χ3n) is 8.21. The molecule has 0 aliphatic carbocycles. The molecule has 2 aromatic carbocycles.